The zero-order chi connectivity index (χ0) is 23.9. The average molecular weight is 480 g/mol. The largest absolute Gasteiger partial charge is 0.354 e. The molecule has 0 radical (unpaired) electrons. The van der Waals surface area contributed by atoms with Gasteiger partial charge in [0.15, 0.2) is 0 Å². The molecule has 0 saturated heterocycles. The maximum Gasteiger partial charge on any atom is 0.243 e. The normalized spacial score (nSPS) is 12.4. The van der Waals surface area contributed by atoms with E-state index in [9.17, 15) is 18.0 Å². The third kappa shape index (κ3) is 6.54. The molecule has 2 amide bonds. The van der Waals surface area contributed by atoms with Crippen LogP contribution in [0.3, 0.4) is 0 Å². The maximum atomic E-state index is 13.2. The topological polar surface area (TPSA) is 86.8 Å². The Morgan fingerprint density at radius 1 is 1.09 bits per heavy atom. The van der Waals surface area contributed by atoms with Crippen LogP contribution in [0, 0.1) is 6.92 Å². The van der Waals surface area contributed by atoms with Crippen LogP contribution in [0.4, 0.5) is 0 Å². The summed E-state index contributed by atoms with van der Waals surface area (Å²) < 4.78 is 26.8. The number of hydrogen-bond acceptors (Lipinski definition) is 4. The van der Waals surface area contributed by atoms with Gasteiger partial charge in [-0.2, -0.15) is 4.31 Å². The Kier molecular flexibility index (Phi) is 9.24. The summed E-state index contributed by atoms with van der Waals surface area (Å²) in [4.78, 5) is 27.3. The summed E-state index contributed by atoms with van der Waals surface area (Å²) in [5, 5.41) is 3.25. The van der Waals surface area contributed by atoms with Crippen molar-refractivity contribution in [2.24, 2.45) is 0 Å². The molecule has 174 valence electrons. The molecule has 0 aliphatic heterocycles. The Hall–Kier alpha value is -2.42. The first-order chi connectivity index (χ1) is 15.1. The van der Waals surface area contributed by atoms with Crippen molar-refractivity contribution in [3.8, 4) is 0 Å². The van der Waals surface area contributed by atoms with Gasteiger partial charge in [0.05, 0.1) is 11.4 Å². The van der Waals surface area contributed by atoms with E-state index in [4.69, 9.17) is 11.6 Å². The van der Waals surface area contributed by atoms with Gasteiger partial charge in [0, 0.05) is 25.2 Å². The van der Waals surface area contributed by atoms with Crippen molar-refractivity contribution >= 4 is 33.4 Å². The molecule has 2 aromatic rings. The van der Waals surface area contributed by atoms with Crippen molar-refractivity contribution in [1.29, 1.82) is 0 Å². The van der Waals surface area contributed by atoms with Gasteiger partial charge in [-0.1, -0.05) is 54.4 Å². The molecule has 7 nitrogen and oxygen atoms in total. The Morgan fingerprint density at radius 3 is 2.31 bits per heavy atom. The molecule has 2 rings (SSSR count). The number of nitrogens with one attached hydrogen (secondary N) is 1. The molecule has 1 N–H and O–H groups in total. The highest BCUT2D eigenvalue weighted by Crippen LogP contribution is 2.20. The van der Waals surface area contributed by atoms with Gasteiger partial charge in [0.1, 0.15) is 6.04 Å². The standard InChI is InChI=1S/C23H30ClN3O4S/c1-5-14-25-23(29)18(3)27(15-19-8-6-7-9-21(19)24)22(28)16-26(4)32(30,31)20-12-10-17(2)11-13-20/h6-13,18H,5,14-16H2,1-4H3,(H,25,29). The van der Waals surface area contributed by atoms with E-state index < -0.39 is 28.5 Å². The number of hydrogen-bond donors (Lipinski definition) is 1. The lowest BCUT2D eigenvalue weighted by atomic mass is 10.1. The van der Waals surface area contributed by atoms with Crippen LogP contribution in [0.15, 0.2) is 53.4 Å². The molecule has 0 spiro atoms. The van der Waals surface area contributed by atoms with E-state index in [1.54, 1.807) is 43.3 Å². The molecule has 9 heteroatoms. The van der Waals surface area contributed by atoms with Crippen molar-refractivity contribution in [3.05, 3.63) is 64.7 Å². The van der Waals surface area contributed by atoms with Crippen LogP contribution >= 0.6 is 11.6 Å². The van der Waals surface area contributed by atoms with E-state index in [-0.39, 0.29) is 17.3 Å². The summed E-state index contributed by atoms with van der Waals surface area (Å²) in [5.74, 6) is -0.807. The first kappa shape index (κ1) is 25.8. The second kappa shape index (κ2) is 11.4. The molecular weight excluding hydrogens is 450 g/mol. The molecule has 0 bridgehead atoms. The number of sulfonamides is 1. The predicted molar refractivity (Wildman–Crippen MR) is 126 cm³/mol. The molecule has 0 fully saturated rings. The van der Waals surface area contributed by atoms with Gasteiger partial charge < -0.3 is 10.2 Å². The zero-order valence-electron chi connectivity index (χ0n) is 18.8. The third-order valence-electron chi connectivity index (χ3n) is 5.10. The van der Waals surface area contributed by atoms with Crippen LogP contribution in [0.2, 0.25) is 5.02 Å². The Morgan fingerprint density at radius 2 is 1.72 bits per heavy atom. The first-order valence-electron chi connectivity index (χ1n) is 10.4. The van der Waals surface area contributed by atoms with E-state index in [1.807, 2.05) is 13.8 Å². The fourth-order valence-electron chi connectivity index (χ4n) is 3.05. The maximum absolute atomic E-state index is 13.2. The Balaban J connectivity index is 2.27. The van der Waals surface area contributed by atoms with E-state index in [1.165, 1.54) is 24.1 Å². The van der Waals surface area contributed by atoms with E-state index in [0.717, 1.165) is 16.3 Å². The number of carbonyl (C=O) groups is 2. The highest BCUT2D eigenvalue weighted by molar-refractivity contribution is 7.89. The molecule has 0 aromatic heterocycles. The van der Waals surface area contributed by atoms with Crippen molar-refractivity contribution < 1.29 is 18.0 Å². The van der Waals surface area contributed by atoms with E-state index in [2.05, 4.69) is 5.32 Å². The lowest BCUT2D eigenvalue weighted by Gasteiger charge is -2.30. The lowest BCUT2D eigenvalue weighted by Crippen LogP contribution is -2.50. The molecule has 1 atom stereocenters. The summed E-state index contributed by atoms with van der Waals surface area (Å²) in [6.45, 7) is 5.57. The summed E-state index contributed by atoms with van der Waals surface area (Å²) in [6, 6.07) is 12.7. The second-order valence-electron chi connectivity index (χ2n) is 7.65. The molecule has 0 saturated carbocycles. The highest BCUT2D eigenvalue weighted by Gasteiger charge is 2.30. The van der Waals surface area contributed by atoms with Crippen LogP contribution in [-0.2, 0) is 26.2 Å². The third-order valence-corrected chi connectivity index (χ3v) is 7.29. The van der Waals surface area contributed by atoms with Gasteiger partial charge in [-0.15, -0.1) is 0 Å². The van der Waals surface area contributed by atoms with Gasteiger partial charge >= 0.3 is 0 Å². The fourth-order valence-corrected chi connectivity index (χ4v) is 4.36. The summed E-state index contributed by atoms with van der Waals surface area (Å²) in [6.07, 6.45) is 0.758. The number of aryl methyl sites for hydroxylation is 1. The number of nitrogens with zero attached hydrogens (tertiary/aromatic N) is 2. The first-order valence-corrected chi connectivity index (χ1v) is 12.2. The summed E-state index contributed by atoms with van der Waals surface area (Å²) >= 11 is 6.27. The SMILES string of the molecule is CCCNC(=O)C(C)N(Cc1ccccc1Cl)C(=O)CN(C)S(=O)(=O)c1ccc(C)cc1. The summed E-state index contributed by atoms with van der Waals surface area (Å²) in [5.41, 5.74) is 1.60. The van der Waals surface area contributed by atoms with Crippen LogP contribution in [0.5, 0.6) is 0 Å². The van der Waals surface area contributed by atoms with Crippen molar-refractivity contribution in [3.63, 3.8) is 0 Å². The van der Waals surface area contributed by atoms with Crippen LogP contribution < -0.4 is 5.32 Å². The molecule has 1 unspecified atom stereocenters. The average Bonchev–Trinajstić information content (AvgIpc) is 2.76. The van der Waals surface area contributed by atoms with Gasteiger partial charge in [-0.05, 0) is 44.0 Å². The minimum Gasteiger partial charge on any atom is -0.354 e. The number of benzene rings is 2. The Labute approximate surface area is 195 Å². The van der Waals surface area contributed by atoms with Gasteiger partial charge in [0.25, 0.3) is 0 Å². The number of amides is 2. The van der Waals surface area contributed by atoms with E-state index in [0.29, 0.717) is 17.1 Å². The van der Waals surface area contributed by atoms with Gasteiger partial charge in [-0.25, -0.2) is 8.42 Å². The van der Waals surface area contributed by atoms with Crippen molar-refractivity contribution in [2.75, 3.05) is 20.1 Å². The highest BCUT2D eigenvalue weighted by atomic mass is 35.5. The number of carbonyl (C=O) groups excluding carboxylic acids is 2. The monoisotopic (exact) mass is 479 g/mol. The van der Waals surface area contributed by atoms with Gasteiger partial charge in [0.2, 0.25) is 21.8 Å². The molecule has 0 aliphatic carbocycles. The van der Waals surface area contributed by atoms with E-state index >= 15 is 0 Å². The molecule has 32 heavy (non-hydrogen) atoms. The minimum absolute atomic E-state index is 0.0810. The second-order valence-corrected chi connectivity index (χ2v) is 10.1. The Bertz CT molecular complexity index is 1040. The summed E-state index contributed by atoms with van der Waals surface area (Å²) in [7, 11) is -2.52. The van der Waals surface area contributed by atoms with Crippen LogP contribution in [0.1, 0.15) is 31.4 Å². The molecular formula is C23H30ClN3O4S. The van der Waals surface area contributed by atoms with Crippen molar-refractivity contribution in [2.45, 2.75) is 44.7 Å². The number of rotatable bonds is 10. The smallest absolute Gasteiger partial charge is 0.243 e. The minimum atomic E-state index is -3.87. The fraction of sp³-hybridized carbons (Fsp3) is 0.391. The number of halogens is 1. The quantitative estimate of drug-likeness (QED) is 0.566. The number of likely N-dealkylation sites (N-methyl/N-ethyl adjacent to an activating group) is 1. The molecule has 0 heterocycles. The molecule has 0 aliphatic rings. The van der Waals surface area contributed by atoms with Crippen LogP contribution in [-0.4, -0.2) is 55.6 Å². The zero-order valence-corrected chi connectivity index (χ0v) is 20.4. The van der Waals surface area contributed by atoms with Crippen LogP contribution in [0.25, 0.3) is 0 Å². The van der Waals surface area contributed by atoms with Gasteiger partial charge in [-0.3, -0.25) is 9.59 Å². The van der Waals surface area contributed by atoms with Crippen molar-refractivity contribution in [1.82, 2.24) is 14.5 Å². The lowest BCUT2D eigenvalue weighted by molar-refractivity contribution is -0.140. The predicted octanol–water partition coefficient (Wildman–Crippen LogP) is 3.21. The molecule has 2 aromatic carbocycles.